The van der Waals surface area contributed by atoms with Crippen molar-refractivity contribution in [1.82, 2.24) is 9.97 Å². The average molecular weight is 348 g/mol. The lowest BCUT2D eigenvalue weighted by Gasteiger charge is -2.30. The zero-order valence-electron chi connectivity index (χ0n) is 16.6. The third-order valence-corrected chi connectivity index (χ3v) is 5.57. The van der Waals surface area contributed by atoms with Gasteiger partial charge in [-0.25, -0.2) is 4.98 Å². The Bertz CT molecular complexity index is 559. The molecule has 0 unspecified atom stereocenters. The molecule has 1 aromatic heterocycles. The summed E-state index contributed by atoms with van der Waals surface area (Å²) in [5.41, 5.74) is 1.88. The summed E-state index contributed by atoms with van der Waals surface area (Å²) >= 11 is 0. The molecule has 1 aliphatic rings. The zero-order chi connectivity index (χ0) is 18.1. The lowest BCUT2D eigenvalue weighted by atomic mass is 9.99. The average Bonchev–Trinajstić information content (AvgIpc) is 2.59. The van der Waals surface area contributed by atoms with Crippen LogP contribution in [0, 0.1) is 12.8 Å². The van der Waals surface area contributed by atoms with Crippen LogP contribution in [0.1, 0.15) is 89.3 Å². The lowest BCUT2D eigenvalue weighted by molar-refractivity contribution is 0.434. The molecule has 4 nitrogen and oxygen atoms in total. The van der Waals surface area contributed by atoms with E-state index in [0.29, 0.717) is 0 Å². The fourth-order valence-electron chi connectivity index (χ4n) is 3.70. The molecular formula is C21H37N3O. The highest BCUT2D eigenvalue weighted by Crippen LogP contribution is 2.20. The summed E-state index contributed by atoms with van der Waals surface area (Å²) < 4.78 is 0. The molecule has 1 aliphatic heterocycles. The molecule has 1 N–H and O–H groups in total. The van der Waals surface area contributed by atoms with Crippen LogP contribution >= 0.6 is 0 Å². The Balaban J connectivity index is 1.79. The molecule has 4 heteroatoms. The Hall–Kier alpha value is -1.32. The minimum atomic E-state index is 0.0732. The van der Waals surface area contributed by atoms with Gasteiger partial charge in [-0.2, -0.15) is 0 Å². The van der Waals surface area contributed by atoms with Gasteiger partial charge in [0.05, 0.1) is 0 Å². The summed E-state index contributed by atoms with van der Waals surface area (Å²) in [7, 11) is 0. The molecule has 0 radical (unpaired) electrons. The maximum atomic E-state index is 12.5. The van der Waals surface area contributed by atoms with Gasteiger partial charge < -0.3 is 4.90 Å². The summed E-state index contributed by atoms with van der Waals surface area (Å²) in [6.45, 7) is 8.55. The summed E-state index contributed by atoms with van der Waals surface area (Å²) in [5, 5.41) is 0. The van der Waals surface area contributed by atoms with E-state index >= 15 is 0 Å². The molecule has 142 valence electrons. The molecule has 0 bridgehead atoms. The van der Waals surface area contributed by atoms with Crippen molar-refractivity contribution in [3.8, 4) is 0 Å². The van der Waals surface area contributed by atoms with Gasteiger partial charge in [0.2, 0.25) is 5.95 Å². The third-order valence-electron chi connectivity index (χ3n) is 5.57. The molecule has 0 atom stereocenters. The maximum absolute atomic E-state index is 12.5. The van der Waals surface area contributed by atoms with Crippen molar-refractivity contribution in [3.05, 3.63) is 21.6 Å². The first-order chi connectivity index (χ1) is 12.1. The van der Waals surface area contributed by atoms with Crippen molar-refractivity contribution in [2.24, 2.45) is 5.92 Å². The van der Waals surface area contributed by atoms with Crippen molar-refractivity contribution in [2.75, 3.05) is 18.0 Å². The summed E-state index contributed by atoms with van der Waals surface area (Å²) in [6, 6.07) is 0. The van der Waals surface area contributed by atoms with Crippen molar-refractivity contribution in [1.29, 1.82) is 0 Å². The van der Waals surface area contributed by atoms with Crippen LogP contribution in [0.5, 0.6) is 0 Å². The zero-order valence-corrected chi connectivity index (χ0v) is 16.6. The molecule has 0 saturated carbocycles. The Morgan fingerprint density at radius 2 is 1.64 bits per heavy atom. The Labute approximate surface area is 153 Å². The summed E-state index contributed by atoms with van der Waals surface area (Å²) in [4.78, 5) is 22.5. The van der Waals surface area contributed by atoms with E-state index in [2.05, 4.69) is 23.7 Å². The standard InChI is InChI=1S/C21H37N3O/c1-4-5-6-7-8-9-10-11-12-19-18(3)22-21(23-20(19)25)24-15-13-17(2)14-16-24/h17H,4-16H2,1-3H3,(H,22,23,25). The highest BCUT2D eigenvalue weighted by Gasteiger charge is 2.19. The van der Waals surface area contributed by atoms with Crippen LogP contribution in [-0.4, -0.2) is 23.1 Å². The van der Waals surface area contributed by atoms with Gasteiger partial charge in [0.1, 0.15) is 0 Å². The van der Waals surface area contributed by atoms with Crippen molar-refractivity contribution < 1.29 is 0 Å². The van der Waals surface area contributed by atoms with Crippen molar-refractivity contribution in [3.63, 3.8) is 0 Å². The van der Waals surface area contributed by atoms with Crippen LogP contribution in [0.2, 0.25) is 0 Å². The van der Waals surface area contributed by atoms with Crippen LogP contribution in [0.25, 0.3) is 0 Å². The van der Waals surface area contributed by atoms with E-state index in [-0.39, 0.29) is 5.56 Å². The topological polar surface area (TPSA) is 49.0 Å². The smallest absolute Gasteiger partial charge is 0.255 e. The van der Waals surface area contributed by atoms with Crippen molar-refractivity contribution >= 4 is 5.95 Å². The lowest BCUT2D eigenvalue weighted by Crippen LogP contribution is -2.35. The molecule has 0 spiro atoms. The number of aromatic amines is 1. The molecule has 0 aliphatic carbocycles. The van der Waals surface area contributed by atoms with Crippen LogP contribution in [0.4, 0.5) is 5.95 Å². The highest BCUT2D eigenvalue weighted by molar-refractivity contribution is 5.33. The maximum Gasteiger partial charge on any atom is 0.255 e. The Morgan fingerprint density at radius 1 is 1.04 bits per heavy atom. The van der Waals surface area contributed by atoms with Gasteiger partial charge in [-0.1, -0.05) is 58.8 Å². The summed E-state index contributed by atoms with van der Waals surface area (Å²) in [6.07, 6.45) is 13.6. The number of nitrogens with zero attached hydrogens (tertiary/aromatic N) is 2. The Kier molecular flexibility index (Phi) is 8.50. The molecule has 1 aromatic rings. The summed E-state index contributed by atoms with van der Waals surface area (Å²) in [5.74, 6) is 1.55. The number of H-pyrrole nitrogens is 1. The number of hydrogen-bond donors (Lipinski definition) is 1. The molecule has 2 heterocycles. The molecule has 0 amide bonds. The molecule has 1 saturated heterocycles. The highest BCUT2D eigenvalue weighted by atomic mass is 16.1. The van der Waals surface area contributed by atoms with Crippen LogP contribution in [0.3, 0.4) is 0 Å². The van der Waals surface area contributed by atoms with E-state index in [1.165, 1.54) is 57.8 Å². The first-order valence-electron chi connectivity index (χ1n) is 10.5. The number of rotatable bonds is 10. The first kappa shape index (κ1) is 20.0. The van der Waals surface area contributed by atoms with Gasteiger partial charge in [0.25, 0.3) is 5.56 Å². The van der Waals surface area contributed by atoms with Gasteiger partial charge in [-0.05, 0) is 38.5 Å². The number of nitrogens with one attached hydrogen (secondary N) is 1. The molecule has 1 fully saturated rings. The monoisotopic (exact) mass is 347 g/mol. The van der Waals surface area contributed by atoms with E-state index in [9.17, 15) is 4.79 Å². The van der Waals surface area contributed by atoms with E-state index in [4.69, 9.17) is 4.98 Å². The van der Waals surface area contributed by atoms with Gasteiger partial charge >= 0.3 is 0 Å². The predicted octanol–water partition coefficient (Wildman–Crippen LogP) is 5.00. The molecular weight excluding hydrogens is 310 g/mol. The number of piperidine rings is 1. The fraction of sp³-hybridized carbons (Fsp3) is 0.810. The number of unbranched alkanes of at least 4 members (excludes halogenated alkanes) is 7. The van der Waals surface area contributed by atoms with Gasteiger partial charge in [0, 0.05) is 24.3 Å². The second kappa shape index (κ2) is 10.6. The fourth-order valence-corrected chi connectivity index (χ4v) is 3.70. The van der Waals surface area contributed by atoms with Crippen molar-refractivity contribution in [2.45, 2.75) is 91.4 Å². The predicted molar refractivity (Wildman–Crippen MR) is 107 cm³/mol. The van der Waals surface area contributed by atoms with Crippen LogP contribution in [0.15, 0.2) is 4.79 Å². The van der Waals surface area contributed by atoms with E-state index < -0.39 is 0 Å². The van der Waals surface area contributed by atoms with Gasteiger partial charge in [-0.15, -0.1) is 0 Å². The quantitative estimate of drug-likeness (QED) is 0.606. The molecule has 25 heavy (non-hydrogen) atoms. The third kappa shape index (κ3) is 6.48. The second-order valence-corrected chi connectivity index (χ2v) is 7.85. The van der Waals surface area contributed by atoms with Crippen LogP contribution in [-0.2, 0) is 6.42 Å². The minimum Gasteiger partial charge on any atom is -0.342 e. The minimum absolute atomic E-state index is 0.0732. The van der Waals surface area contributed by atoms with Gasteiger partial charge in [-0.3, -0.25) is 9.78 Å². The van der Waals surface area contributed by atoms with E-state index in [0.717, 1.165) is 49.1 Å². The number of aromatic nitrogens is 2. The van der Waals surface area contributed by atoms with Crippen LogP contribution < -0.4 is 10.5 Å². The number of anilines is 1. The largest absolute Gasteiger partial charge is 0.342 e. The number of aryl methyl sites for hydroxylation is 1. The SMILES string of the molecule is CCCCCCCCCCc1c(C)nc(N2CCC(C)CC2)[nH]c1=O. The van der Waals surface area contributed by atoms with E-state index in [1.807, 2.05) is 6.92 Å². The number of hydrogen-bond acceptors (Lipinski definition) is 3. The Morgan fingerprint density at radius 3 is 2.24 bits per heavy atom. The second-order valence-electron chi connectivity index (χ2n) is 7.85. The van der Waals surface area contributed by atoms with Gasteiger partial charge in [0.15, 0.2) is 0 Å². The molecule has 0 aromatic carbocycles. The normalized spacial score (nSPS) is 15.7. The first-order valence-corrected chi connectivity index (χ1v) is 10.5. The molecule has 2 rings (SSSR count). The van der Waals surface area contributed by atoms with E-state index in [1.54, 1.807) is 0 Å².